The number of esters is 2. The van der Waals surface area contributed by atoms with Crippen LogP contribution in [0.2, 0.25) is 0 Å². The number of carbonyl (C=O) groups excluding carboxylic acids is 3. The van der Waals surface area contributed by atoms with Crippen LogP contribution >= 0.6 is 0 Å². The van der Waals surface area contributed by atoms with Crippen LogP contribution in [0, 0.1) is 0 Å². The van der Waals surface area contributed by atoms with Gasteiger partial charge in [-0.2, -0.15) is 0 Å². The Morgan fingerprint density at radius 2 is 1.87 bits per heavy atom. The predicted molar refractivity (Wildman–Crippen MR) is 114 cm³/mol. The van der Waals surface area contributed by atoms with Crippen molar-refractivity contribution in [2.45, 2.75) is 58.3 Å². The van der Waals surface area contributed by atoms with Crippen LogP contribution in [0.5, 0.6) is 5.75 Å². The molecule has 31 heavy (non-hydrogen) atoms. The molecule has 7 nitrogen and oxygen atoms in total. The molecule has 2 N–H and O–H groups in total. The van der Waals surface area contributed by atoms with Gasteiger partial charge in [0.25, 0.3) is 5.91 Å². The Morgan fingerprint density at radius 1 is 1.19 bits per heavy atom. The van der Waals surface area contributed by atoms with Crippen LogP contribution in [-0.2, 0) is 27.1 Å². The fourth-order valence-corrected chi connectivity index (χ4v) is 3.46. The van der Waals surface area contributed by atoms with Gasteiger partial charge in [0.05, 0.1) is 5.56 Å². The van der Waals surface area contributed by atoms with Crippen molar-refractivity contribution in [2.24, 2.45) is 0 Å². The van der Waals surface area contributed by atoms with Crippen molar-refractivity contribution in [3.8, 4) is 5.75 Å². The minimum atomic E-state index is -0.975. The Bertz CT molecular complexity index is 993. The van der Waals surface area contributed by atoms with Crippen molar-refractivity contribution in [1.82, 2.24) is 5.32 Å². The quantitative estimate of drug-likeness (QED) is 0.714. The second kappa shape index (κ2) is 8.79. The molecule has 0 bridgehead atoms. The van der Waals surface area contributed by atoms with Gasteiger partial charge >= 0.3 is 11.9 Å². The minimum Gasteiger partial charge on any atom is -0.506 e. The van der Waals surface area contributed by atoms with E-state index in [4.69, 9.17) is 9.47 Å². The van der Waals surface area contributed by atoms with Crippen LogP contribution in [0.15, 0.2) is 42.5 Å². The van der Waals surface area contributed by atoms with Crippen LogP contribution in [0.1, 0.15) is 59.5 Å². The predicted octanol–water partition coefficient (Wildman–Crippen LogP) is 3.18. The van der Waals surface area contributed by atoms with Gasteiger partial charge in [-0.3, -0.25) is 4.79 Å². The molecule has 0 spiro atoms. The van der Waals surface area contributed by atoms with Gasteiger partial charge in [-0.15, -0.1) is 0 Å². The maximum atomic E-state index is 13.0. The minimum absolute atomic E-state index is 0.0115. The van der Waals surface area contributed by atoms with Crippen molar-refractivity contribution in [2.75, 3.05) is 0 Å². The fourth-order valence-electron chi connectivity index (χ4n) is 3.46. The SMILES string of the molecule is CC1Cc2ccc(C(=O)N[C@@H](Cc3ccccc3)C(=O)OC(C)(C)C)c(O)c2C(=O)O1. The molecule has 7 heteroatoms. The van der Waals surface area contributed by atoms with E-state index in [1.807, 2.05) is 30.3 Å². The van der Waals surface area contributed by atoms with Crippen molar-refractivity contribution >= 4 is 17.8 Å². The second-order valence-electron chi connectivity index (χ2n) is 8.67. The van der Waals surface area contributed by atoms with Crippen LogP contribution in [0.4, 0.5) is 0 Å². The van der Waals surface area contributed by atoms with Crippen molar-refractivity contribution in [3.63, 3.8) is 0 Å². The zero-order valence-corrected chi connectivity index (χ0v) is 18.1. The highest BCUT2D eigenvalue weighted by atomic mass is 16.6. The number of hydrogen-bond donors (Lipinski definition) is 2. The lowest BCUT2D eigenvalue weighted by molar-refractivity contribution is -0.157. The average Bonchev–Trinajstić information content (AvgIpc) is 2.66. The first kappa shape index (κ1) is 22.3. The molecule has 0 radical (unpaired) electrons. The number of nitrogens with one attached hydrogen (secondary N) is 1. The molecule has 164 valence electrons. The summed E-state index contributed by atoms with van der Waals surface area (Å²) in [5.41, 5.74) is 0.608. The Kier molecular flexibility index (Phi) is 6.34. The van der Waals surface area contributed by atoms with Crippen molar-refractivity contribution in [1.29, 1.82) is 0 Å². The van der Waals surface area contributed by atoms with E-state index in [2.05, 4.69) is 5.32 Å². The summed E-state index contributed by atoms with van der Waals surface area (Å²) >= 11 is 0. The summed E-state index contributed by atoms with van der Waals surface area (Å²) in [6.07, 6.45) is 0.360. The van der Waals surface area contributed by atoms with Gasteiger partial charge in [-0.1, -0.05) is 36.4 Å². The van der Waals surface area contributed by atoms with Crippen molar-refractivity contribution < 1.29 is 29.0 Å². The van der Waals surface area contributed by atoms with E-state index < -0.39 is 35.2 Å². The Hall–Kier alpha value is -3.35. The molecular weight excluding hydrogens is 398 g/mol. The van der Waals surface area contributed by atoms with Gasteiger partial charge in [-0.25, -0.2) is 9.59 Å². The van der Waals surface area contributed by atoms with E-state index >= 15 is 0 Å². The summed E-state index contributed by atoms with van der Waals surface area (Å²) in [5, 5.41) is 13.3. The Balaban J connectivity index is 1.87. The van der Waals surface area contributed by atoms with Crippen molar-refractivity contribution in [3.05, 3.63) is 64.7 Å². The number of carbonyl (C=O) groups is 3. The number of amides is 1. The van der Waals surface area contributed by atoms with E-state index in [1.54, 1.807) is 33.8 Å². The standard InChI is InChI=1S/C24H27NO6/c1-14-12-16-10-11-17(20(26)19(16)23(29)30-14)21(27)25-18(22(28)31-24(2,3)4)13-15-8-6-5-7-9-15/h5-11,14,18,26H,12-13H2,1-4H3,(H,25,27)/t14?,18-/m0/s1. The van der Waals surface area contributed by atoms with Gasteiger partial charge in [0.15, 0.2) is 0 Å². The molecule has 0 fully saturated rings. The van der Waals surface area contributed by atoms with Crippen LogP contribution in [-0.4, -0.2) is 40.7 Å². The number of phenolic OH excluding ortho intramolecular Hbond substituents is 1. The number of hydrogen-bond acceptors (Lipinski definition) is 6. The first-order valence-electron chi connectivity index (χ1n) is 10.2. The van der Waals surface area contributed by atoms with E-state index in [-0.39, 0.29) is 23.7 Å². The largest absolute Gasteiger partial charge is 0.506 e. The molecular formula is C24H27NO6. The molecule has 3 rings (SSSR count). The highest BCUT2D eigenvalue weighted by Gasteiger charge is 2.32. The Morgan fingerprint density at radius 3 is 2.52 bits per heavy atom. The molecule has 2 atom stereocenters. The number of rotatable bonds is 5. The van der Waals surface area contributed by atoms with Crippen LogP contribution in [0.3, 0.4) is 0 Å². The highest BCUT2D eigenvalue weighted by molar-refractivity contribution is 6.04. The molecule has 2 aromatic rings. The Labute approximate surface area is 181 Å². The summed E-state index contributed by atoms with van der Waals surface area (Å²) in [7, 11) is 0. The monoisotopic (exact) mass is 425 g/mol. The maximum absolute atomic E-state index is 13.0. The van der Waals surface area contributed by atoms with E-state index in [1.165, 1.54) is 6.07 Å². The molecule has 1 unspecified atom stereocenters. The third-order valence-corrected chi connectivity index (χ3v) is 4.81. The number of aromatic hydroxyl groups is 1. The third kappa shape index (κ3) is 5.42. The molecule has 1 heterocycles. The van der Waals surface area contributed by atoms with E-state index in [9.17, 15) is 19.5 Å². The maximum Gasteiger partial charge on any atom is 0.342 e. The summed E-state index contributed by atoms with van der Waals surface area (Å²) in [5.74, 6) is -2.39. The third-order valence-electron chi connectivity index (χ3n) is 4.81. The molecule has 0 aliphatic carbocycles. The second-order valence-corrected chi connectivity index (χ2v) is 8.67. The molecule has 1 aliphatic rings. The molecule has 1 aliphatic heterocycles. The zero-order chi connectivity index (χ0) is 22.8. The summed E-state index contributed by atoms with van der Waals surface area (Å²) in [6, 6.07) is 11.3. The van der Waals surface area contributed by atoms with Gasteiger partial charge in [0, 0.05) is 12.8 Å². The summed E-state index contributed by atoms with van der Waals surface area (Å²) in [6.45, 7) is 6.99. The molecule has 0 saturated heterocycles. The smallest absolute Gasteiger partial charge is 0.342 e. The first-order chi connectivity index (χ1) is 14.5. The van der Waals surface area contributed by atoms with E-state index in [0.29, 0.717) is 12.0 Å². The van der Waals surface area contributed by atoms with Gasteiger partial charge < -0.3 is 19.9 Å². The van der Waals surface area contributed by atoms with E-state index in [0.717, 1.165) is 5.56 Å². The van der Waals surface area contributed by atoms with Gasteiger partial charge in [0.1, 0.15) is 29.1 Å². The first-order valence-corrected chi connectivity index (χ1v) is 10.2. The lowest BCUT2D eigenvalue weighted by atomic mass is 9.95. The van der Waals surface area contributed by atoms with Crippen LogP contribution < -0.4 is 5.32 Å². The molecule has 2 aromatic carbocycles. The number of fused-ring (bicyclic) bond motifs is 1. The fraction of sp³-hybridized carbons (Fsp3) is 0.375. The normalized spacial score (nSPS) is 16.6. The average molecular weight is 425 g/mol. The number of phenols is 1. The van der Waals surface area contributed by atoms with Crippen LogP contribution in [0.25, 0.3) is 0 Å². The number of cyclic esters (lactones) is 1. The lowest BCUT2D eigenvalue weighted by Gasteiger charge is -2.25. The molecule has 1 amide bonds. The van der Waals surface area contributed by atoms with Gasteiger partial charge in [-0.05, 0) is 44.9 Å². The highest BCUT2D eigenvalue weighted by Crippen LogP contribution is 2.31. The molecule has 0 aromatic heterocycles. The summed E-state index contributed by atoms with van der Waals surface area (Å²) in [4.78, 5) is 38.0. The van der Waals surface area contributed by atoms with Gasteiger partial charge in [0.2, 0.25) is 0 Å². The number of benzene rings is 2. The number of ether oxygens (including phenoxy) is 2. The summed E-state index contributed by atoms with van der Waals surface area (Å²) < 4.78 is 10.6. The molecule has 0 saturated carbocycles. The zero-order valence-electron chi connectivity index (χ0n) is 18.1. The topological polar surface area (TPSA) is 102 Å². The lowest BCUT2D eigenvalue weighted by Crippen LogP contribution is -2.45.